The monoisotopic (exact) mass is 638 g/mol. The van der Waals surface area contributed by atoms with Crippen LogP contribution < -0.4 is 10.1 Å². The molecule has 0 unspecified atom stereocenters. The molecule has 4 aliphatic rings. The number of imide groups is 1. The van der Waals surface area contributed by atoms with Gasteiger partial charge in [0, 0.05) is 18.7 Å². The summed E-state index contributed by atoms with van der Waals surface area (Å²) in [4.78, 5) is 39.6. The van der Waals surface area contributed by atoms with E-state index in [1.807, 2.05) is 60.7 Å². The zero-order valence-corrected chi connectivity index (χ0v) is 26.7. The number of ether oxygens (including phenoxy) is 1. The number of amides is 3. The average molecular weight is 640 g/mol. The van der Waals surface area contributed by atoms with E-state index in [4.69, 9.17) is 27.9 Å². The molecule has 3 amide bonds. The molecule has 1 aliphatic heterocycles. The first-order chi connectivity index (χ1) is 21.4. The Morgan fingerprint density at radius 1 is 0.733 bits per heavy atom. The summed E-state index contributed by atoms with van der Waals surface area (Å²) in [5.41, 5.74) is 4.84. The van der Waals surface area contributed by atoms with Crippen LogP contribution in [0.2, 0.25) is 0 Å². The van der Waals surface area contributed by atoms with Crippen LogP contribution in [0.15, 0.2) is 97.1 Å². The van der Waals surface area contributed by atoms with E-state index in [0.29, 0.717) is 11.4 Å². The maximum atomic E-state index is 13.9. The van der Waals surface area contributed by atoms with Gasteiger partial charge in [-0.1, -0.05) is 81.4 Å². The topological polar surface area (TPSA) is 75.7 Å². The number of halogens is 2. The fourth-order valence-corrected chi connectivity index (χ4v) is 8.25. The molecule has 0 aromatic heterocycles. The summed E-state index contributed by atoms with van der Waals surface area (Å²) in [5.74, 6) is -1.54. The maximum absolute atomic E-state index is 13.9. The Morgan fingerprint density at radius 3 is 1.58 bits per heavy atom. The molecule has 228 valence electrons. The number of carbonyl (C=O) groups excluding carboxylic acids is 3. The summed E-state index contributed by atoms with van der Waals surface area (Å²) >= 11 is 14.9. The molecule has 1 saturated heterocycles. The molecule has 1 heterocycles. The number of carbonyl (C=O) groups is 3. The lowest BCUT2D eigenvalue weighted by molar-refractivity contribution is -0.140. The first kappa shape index (κ1) is 29.6. The predicted octanol–water partition coefficient (Wildman–Crippen LogP) is 7.70. The Bertz CT molecular complexity index is 1720. The number of alkyl halides is 2. The second kappa shape index (κ2) is 10.5. The van der Waals surface area contributed by atoms with Crippen molar-refractivity contribution in [2.24, 2.45) is 11.8 Å². The molecule has 0 radical (unpaired) electrons. The van der Waals surface area contributed by atoms with Crippen molar-refractivity contribution < 1.29 is 19.1 Å². The van der Waals surface area contributed by atoms with Crippen LogP contribution in [-0.2, 0) is 29.5 Å². The summed E-state index contributed by atoms with van der Waals surface area (Å²) in [6, 6.07) is 30.1. The Balaban J connectivity index is 1.04. The van der Waals surface area contributed by atoms with Crippen molar-refractivity contribution in [3.63, 3.8) is 0 Å². The number of benzene rings is 4. The van der Waals surface area contributed by atoms with Gasteiger partial charge in [0.05, 0.1) is 11.8 Å². The Hall–Kier alpha value is -4.13. The van der Waals surface area contributed by atoms with Crippen molar-refractivity contribution in [3.8, 4) is 11.5 Å². The maximum Gasteiger partial charge on any atom is 0.235 e. The molecule has 4 aromatic rings. The first-order valence-corrected chi connectivity index (χ1v) is 15.8. The standard InChI is InChI=1S/C37H32Cl2N2O4/c1-35(2,3)22-12-16-24(17-13-22)45-25-18-14-23(15-19-25)40-30(42)20-21-41-33(43)31-32(34(41)44)37(39)27-9-5-4-8-26(27)36(31,38)28-10-6-7-11-29(28)37/h4-19,31-32H,20-21H2,1-3H3,(H,40,42)/t31-,32+,36?,37?. The molecule has 2 bridgehead atoms. The molecule has 1 fully saturated rings. The van der Waals surface area contributed by atoms with Gasteiger partial charge in [-0.3, -0.25) is 19.3 Å². The highest BCUT2D eigenvalue weighted by Crippen LogP contribution is 2.69. The number of hydrogen-bond acceptors (Lipinski definition) is 4. The Morgan fingerprint density at radius 2 is 1.16 bits per heavy atom. The second-order valence-electron chi connectivity index (χ2n) is 13.0. The molecule has 4 aromatic carbocycles. The fraction of sp³-hybridized carbons (Fsp3) is 0.270. The molecule has 6 nitrogen and oxygen atoms in total. The summed E-state index contributed by atoms with van der Waals surface area (Å²) in [7, 11) is 0. The van der Waals surface area contributed by atoms with Crippen LogP contribution in [0.4, 0.5) is 5.69 Å². The van der Waals surface area contributed by atoms with E-state index in [-0.39, 0.29) is 24.3 Å². The summed E-state index contributed by atoms with van der Waals surface area (Å²) < 4.78 is 5.96. The quantitative estimate of drug-likeness (QED) is 0.173. The lowest BCUT2D eigenvalue weighted by Crippen LogP contribution is -2.57. The average Bonchev–Trinajstić information content (AvgIpc) is 3.29. The van der Waals surface area contributed by atoms with Gasteiger partial charge in [0.25, 0.3) is 0 Å². The Kier molecular flexibility index (Phi) is 6.88. The molecule has 3 aliphatic carbocycles. The third-order valence-electron chi connectivity index (χ3n) is 9.33. The van der Waals surface area contributed by atoms with Gasteiger partial charge in [-0.25, -0.2) is 0 Å². The minimum Gasteiger partial charge on any atom is -0.457 e. The minimum absolute atomic E-state index is 0.0574. The molecule has 2 atom stereocenters. The van der Waals surface area contributed by atoms with Crippen LogP contribution in [0.1, 0.15) is 55.0 Å². The minimum atomic E-state index is -1.24. The van der Waals surface area contributed by atoms with E-state index in [9.17, 15) is 14.4 Å². The van der Waals surface area contributed by atoms with Gasteiger partial charge in [-0.05, 0) is 69.6 Å². The van der Waals surface area contributed by atoms with E-state index in [0.717, 1.165) is 28.0 Å². The van der Waals surface area contributed by atoms with Crippen molar-refractivity contribution in [1.82, 2.24) is 4.90 Å². The van der Waals surface area contributed by atoms with Crippen LogP contribution in [0.25, 0.3) is 0 Å². The Labute approximate surface area is 272 Å². The SMILES string of the molecule is CC(C)(C)c1ccc(Oc2ccc(NC(=O)CCN3C(=O)[C@@H]4[C@H](C3=O)C3(Cl)c5ccccc5C4(Cl)c4ccccc43)cc2)cc1. The largest absolute Gasteiger partial charge is 0.457 e. The van der Waals surface area contributed by atoms with Gasteiger partial charge < -0.3 is 10.1 Å². The first-order valence-electron chi connectivity index (χ1n) is 15.1. The van der Waals surface area contributed by atoms with Gasteiger partial charge in [0.15, 0.2) is 0 Å². The molecule has 1 N–H and O–H groups in total. The van der Waals surface area contributed by atoms with Crippen LogP contribution in [0.5, 0.6) is 11.5 Å². The van der Waals surface area contributed by atoms with E-state index < -0.39 is 33.4 Å². The van der Waals surface area contributed by atoms with Crippen LogP contribution >= 0.6 is 23.2 Å². The smallest absolute Gasteiger partial charge is 0.235 e. The number of hydrogen-bond donors (Lipinski definition) is 1. The molecule has 0 spiro atoms. The van der Waals surface area contributed by atoms with Crippen molar-refractivity contribution >= 4 is 46.6 Å². The van der Waals surface area contributed by atoms with E-state index in [1.54, 1.807) is 24.3 Å². The van der Waals surface area contributed by atoms with E-state index in [1.165, 1.54) is 10.5 Å². The van der Waals surface area contributed by atoms with Gasteiger partial charge in [-0.2, -0.15) is 0 Å². The number of rotatable bonds is 6. The fourth-order valence-electron chi connectivity index (χ4n) is 7.15. The lowest BCUT2D eigenvalue weighted by atomic mass is 9.54. The summed E-state index contributed by atoms with van der Waals surface area (Å²) in [6.07, 6.45) is -0.0697. The number of nitrogens with one attached hydrogen (secondary N) is 1. The molecule has 0 saturated carbocycles. The highest BCUT2D eigenvalue weighted by Gasteiger charge is 2.72. The van der Waals surface area contributed by atoms with Gasteiger partial charge in [0.2, 0.25) is 17.7 Å². The highest BCUT2D eigenvalue weighted by atomic mass is 35.5. The van der Waals surface area contributed by atoms with E-state index in [2.05, 4.69) is 38.2 Å². The number of anilines is 1. The van der Waals surface area contributed by atoms with Crippen LogP contribution in [0, 0.1) is 11.8 Å². The van der Waals surface area contributed by atoms with Crippen molar-refractivity contribution in [2.75, 3.05) is 11.9 Å². The zero-order valence-electron chi connectivity index (χ0n) is 25.1. The predicted molar refractivity (Wildman–Crippen MR) is 175 cm³/mol. The van der Waals surface area contributed by atoms with Crippen molar-refractivity contribution in [2.45, 2.75) is 42.4 Å². The molecule has 8 heteroatoms. The third kappa shape index (κ3) is 4.49. The third-order valence-corrected chi connectivity index (χ3v) is 10.6. The van der Waals surface area contributed by atoms with Crippen LogP contribution in [0.3, 0.4) is 0 Å². The normalized spacial score (nSPS) is 24.6. The van der Waals surface area contributed by atoms with Crippen molar-refractivity contribution in [1.29, 1.82) is 0 Å². The summed E-state index contributed by atoms with van der Waals surface area (Å²) in [5, 5.41) is 2.85. The second-order valence-corrected chi connectivity index (χ2v) is 14.2. The van der Waals surface area contributed by atoms with Crippen LogP contribution in [-0.4, -0.2) is 29.2 Å². The zero-order chi connectivity index (χ0) is 31.7. The van der Waals surface area contributed by atoms with E-state index >= 15 is 0 Å². The summed E-state index contributed by atoms with van der Waals surface area (Å²) in [6.45, 7) is 6.41. The molecule has 8 rings (SSSR count). The number of likely N-dealkylation sites (tertiary alicyclic amines) is 1. The molecular formula is C37H32Cl2N2O4. The molecule has 45 heavy (non-hydrogen) atoms. The lowest BCUT2D eigenvalue weighted by Gasteiger charge is -2.54. The van der Waals surface area contributed by atoms with Crippen molar-refractivity contribution in [3.05, 3.63) is 125 Å². The molecular weight excluding hydrogens is 607 g/mol. The van der Waals surface area contributed by atoms with Gasteiger partial charge in [-0.15, -0.1) is 23.2 Å². The number of nitrogens with zero attached hydrogens (tertiary/aromatic N) is 1. The van der Waals surface area contributed by atoms with Gasteiger partial charge in [0.1, 0.15) is 21.2 Å². The highest BCUT2D eigenvalue weighted by molar-refractivity contribution is 6.36. The van der Waals surface area contributed by atoms with Gasteiger partial charge >= 0.3 is 0 Å².